The number of methoxy groups -OCH3 is 1. The summed E-state index contributed by atoms with van der Waals surface area (Å²) in [5, 5.41) is 0. The van der Waals surface area contributed by atoms with E-state index in [4.69, 9.17) is 10.5 Å². The molecule has 1 rings (SSSR count). The monoisotopic (exact) mass is 228 g/mol. The van der Waals surface area contributed by atoms with Crippen molar-refractivity contribution >= 4 is 5.91 Å². The highest BCUT2D eigenvalue weighted by atomic mass is 16.5. The highest BCUT2D eigenvalue weighted by Gasteiger charge is 2.39. The van der Waals surface area contributed by atoms with Crippen molar-refractivity contribution in [2.75, 3.05) is 26.7 Å². The van der Waals surface area contributed by atoms with Crippen LogP contribution in [0.2, 0.25) is 0 Å². The lowest BCUT2D eigenvalue weighted by atomic mass is 9.81. The smallest absolute Gasteiger partial charge is 0.230 e. The zero-order valence-electron chi connectivity index (χ0n) is 10.7. The molecule has 0 spiro atoms. The van der Waals surface area contributed by atoms with Gasteiger partial charge in [0, 0.05) is 26.7 Å². The number of hydrogen-bond donors (Lipinski definition) is 1. The quantitative estimate of drug-likeness (QED) is 0.763. The summed E-state index contributed by atoms with van der Waals surface area (Å²) < 4.78 is 5.28. The van der Waals surface area contributed by atoms with E-state index in [9.17, 15) is 4.79 Å². The maximum absolute atomic E-state index is 12.4. The lowest BCUT2D eigenvalue weighted by Gasteiger charge is -2.33. The fourth-order valence-electron chi connectivity index (χ4n) is 2.37. The van der Waals surface area contributed by atoms with E-state index < -0.39 is 0 Å². The van der Waals surface area contributed by atoms with E-state index in [-0.39, 0.29) is 17.4 Å². The van der Waals surface area contributed by atoms with Crippen molar-refractivity contribution in [1.29, 1.82) is 0 Å². The number of amides is 1. The molecular formula is C12H24N2O2. The number of hydrogen-bond acceptors (Lipinski definition) is 3. The van der Waals surface area contributed by atoms with E-state index in [1.807, 2.05) is 18.7 Å². The second-order valence-electron chi connectivity index (χ2n) is 4.59. The molecule has 0 bridgehead atoms. The average Bonchev–Trinajstić information content (AvgIpc) is 2.80. The number of carbonyl (C=O) groups is 1. The summed E-state index contributed by atoms with van der Waals surface area (Å²) >= 11 is 0. The maximum atomic E-state index is 12.4. The standard InChI is InChI=1S/C12H24N2O2/c1-4-12(5-2,9-13)11(15)14-7-6-10(8-14)16-3/h10H,4-9,13H2,1-3H3. The molecule has 1 fully saturated rings. The minimum atomic E-state index is -0.359. The van der Waals surface area contributed by atoms with Crippen molar-refractivity contribution in [1.82, 2.24) is 4.90 Å². The number of nitrogens with two attached hydrogens (primary N) is 1. The molecular weight excluding hydrogens is 204 g/mol. The largest absolute Gasteiger partial charge is 0.380 e. The first kappa shape index (κ1) is 13.5. The van der Waals surface area contributed by atoms with E-state index >= 15 is 0 Å². The molecule has 1 aliphatic heterocycles. The van der Waals surface area contributed by atoms with Gasteiger partial charge in [0.05, 0.1) is 11.5 Å². The van der Waals surface area contributed by atoms with Crippen LogP contribution in [0.5, 0.6) is 0 Å². The molecule has 0 radical (unpaired) electrons. The van der Waals surface area contributed by atoms with Gasteiger partial charge in [-0.25, -0.2) is 0 Å². The third-order valence-corrected chi connectivity index (χ3v) is 3.96. The van der Waals surface area contributed by atoms with Gasteiger partial charge < -0.3 is 15.4 Å². The molecule has 4 heteroatoms. The van der Waals surface area contributed by atoms with Crippen LogP contribution in [0.1, 0.15) is 33.1 Å². The first-order valence-corrected chi connectivity index (χ1v) is 6.15. The van der Waals surface area contributed by atoms with Crippen molar-refractivity contribution < 1.29 is 9.53 Å². The Morgan fingerprint density at radius 1 is 1.50 bits per heavy atom. The Morgan fingerprint density at radius 3 is 2.50 bits per heavy atom. The minimum Gasteiger partial charge on any atom is -0.380 e. The van der Waals surface area contributed by atoms with Crippen molar-refractivity contribution in [2.45, 2.75) is 39.2 Å². The molecule has 1 heterocycles. The molecule has 1 atom stereocenters. The van der Waals surface area contributed by atoms with Crippen LogP contribution in [0.25, 0.3) is 0 Å². The van der Waals surface area contributed by atoms with E-state index in [0.29, 0.717) is 6.54 Å². The number of rotatable bonds is 5. The molecule has 0 aromatic carbocycles. The summed E-state index contributed by atoms with van der Waals surface area (Å²) in [6, 6.07) is 0. The van der Waals surface area contributed by atoms with Crippen molar-refractivity contribution in [3.63, 3.8) is 0 Å². The molecule has 4 nitrogen and oxygen atoms in total. The second-order valence-corrected chi connectivity index (χ2v) is 4.59. The van der Waals surface area contributed by atoms with Crippen LogP contribution in [0.4, 0.5) is 0 Å². The van der Waals surface area contributed by atoms with Crippen LogP contribution in [0.15, 0.2) is 0 Å². The number of likely N-dealkylation sites (tertiary alicyclic amines) is 1. The maximum Gasteiger partial charge on any atom is 0.230 e. The Labute approximate surface area is 98.1 Å². The van der Waals surface area contributed by atoms with E-state index in [1.54, 1.807) is 7.11 Å². The van der Waals surface area contributed by atoms with Gasteiger partial charge in [-0.15, -0.1) is 0 Å². The lowest BCUT2D eigenvalue weighted by molar-refractivity contribution is -0.141. The molecule has 0 saturated carbocycles. The van der Waals surface area contributed by atoms with Gasteiger partial charge in [-0.3, -0.25) is 4.79 Å². The van der Waals surface area contributed by atoms with Crippen LogP contribution in [0.3, 0.4) is 0 Å². The number of nitrogens with zero attached hydrogens (tertiary/aromatic N) is 1. The van der Waals surface area contributed by atoms with Gasteiger partial charge in [-0.2, -0.15) is 0 Å². The van der Waals surface area contributed by atoms with Gasteiger partial charge in [0.15, 0.2) is 0 Å². The van der Waals surface area contributed by atoms with Gasteiger partial charge >= 0.3 is 0 Å². The Kier molecular flexibility index (Phi) is 4.74. The summed E-state index contributed by atoms with van der Waals surface area (Å²) in [7, 11) is 1.70. The van der Waals surface area contributed by atoms with Crippen LogP contribution in [0, 0.1) is 5.41 Å². The van der Waals surface area contributed by atoms with Crippen LogP contribution < -0.4 is 5.73 Å². The molecule has 94 valence electrons. The Balaban J connectivity index is 2.69. The summed E-state index contributed by atoms with van der Waals surface area (Å²) in [6.07, 6.45) is 2.77. The second kappa shape index (κ2) is 5.64. The Hall–Kier alpha value is -0.610. The van der Waals surface area contributed by atoms with Gasteiger partial charge in [-0.1, -0.05) is 13.8 Å². The summed E-state index contributed by atoms with van der Waals surface area (Å²) in [4.78, 5) is 14.3. The van der Waals surface area contributed by atoms with Crippen molar-refractivity contribution in [2.24, 2.45) is 11.1 Å². The topological polar surface area (TPSA) is 55.6 Å². The van der Waals surface area contributed by atoms with E-state index in [1.165, 1.54) is 0 Å². The molecule has 0 aromatic rings. The molecule has 2 N–H and O–H groups in total. The van der Waals surface area contributed by atoms with Crippen molar-refractivity contribution in [3.8, 4) is 0 Å². The zero-order valence-corrected chi connectivity index (χ0v) is 10.7. The molecule has 1 aliphatic rings. The Morgan fingerprint density at radius 2 is 2.12 bits per heavy atom. The minimum absolute atomic E-state index is 0.202. The van der Waals surface area contributed by atoms with Gasteiger partial charge in [0.1, 0.15) is 0 Å². The Bertz CT molecular complexity index is 231. The van der Waals surface area contributed by atoms with Crippen molar-refractivity contribution in [3.05, 3.63) is 0 Å². The third kappa shape index (κ3) is 2.38. The number of carbonyl (C=O) groups excluding carboxylic acids is 1. The first-order chi connectivity index (χ1) is 7.63. The normalized spacial score (nSPS) is 21.5. The van der Waals surface area contributed by atoms with Gasteiger partial charge in [0.2, 0.25) is 5.91 Å². The lowest BCUT2D eigenvalue weighted by Crippen LogP contribution is -2.47. The third-order valence-electron chi connectivity index (χ3n) is 3.96. The van der Waals surface area contributed by atoms with E-state index in [2.05, 4.69) is 0 Å². The fourth-order valence-corrected chi connectivity index (χ4v) is 2.37. The van der Waals surface area contributed by atoms with Gasteiger partial charge in [-0.05, 0) is 19.3 Å². The average molecular weight is 228 g/mol. The molecule has 0 aromatic heterocycles. The zero-order chi connectivity index (χ0) is 12.2. The van der Waals surface area contributed by atoms with Gasteiger partial charge in [0.25, 0.3) is 0 Å². The highest BCUT2D eigenvalue weighted by molar-refractivity contribution is 5.83. The summed E-state index contributed by atoms with van der Waals surface area (Å²) in [6.45, 7) is 6.04. The highest BCUT2D eigenvalue weighted by Crippen LogP contribution is 2.29. The predicted octanol–water partition coefficient (Wildman–Crippen LogP) is 0.999. The van der Waals surface area contributed by atoms with Crippen LogP contribution in [-0.4, -0.2) is 43.7 Å². The summed E-state index contributed by atoms with van der Waals surface area (Å²) in [5.74, 6) is 0.208. The molecule has 1 saturated heterocycles. The summed E-state index contributed by atoms with van der Waals surface area (Å²) in [5.41, 5.74) is 5.43. The SMILES string of the molecule is CCC(CC)(CN)C(=O)N1CCC(OC)C1. The predicted molar refractivity (Wildman–Crippen MR) is 64.1 cm³/mol. The molecule has 16 heavy (non-hydrogen) atoms. The number of ether oxygens (including phenoxy) is 1. The molecule has 1 amide bonds. The first-order valence-electron chi connectivity index (χ1n) is 6.15. The molecule has 1 unspecified atom stereocenters. The van der Waals surface area contributed by atoms with Crippen LogP contribution >= 0.6 is 0 Å². The molecule has 0 aliphatic carbocycles. The fraction of sp³-hybridized carbons (Fsp3) is 0.917. The van der Waals surface area contributed by atoms with E-state index in [0.717, 1.165) is 32.4 Å². The van der Waals surface area contributed by atoms with Crippen LogP contribution in [-0.2, 0) is 9.53 Å².